The highest BCUT2D eigenvalue weighted by Crippen LogP contribution is 2.38. The monoisotopic (exact) mass is 243 g/mol. The summed E-state index contributed by atoms with van der Waals surface area (Å²) in [5.41, 5.74) is 0. The Morgan fingerprint density at radius 1 is 1.29 bits per heavy atom. The van der Waals surface area contributed by atoms with Crippen LogP contribution in [-0.4, -0.2) is 48.9 Å². The summed E-state index contributed by atoms with van der Waals surface area (Å²) in [6, 6.07) is 0.0587. The standard InChI is InChI=1S/C11H17NO5/c13-9(5-16-6-10(14)15)12-8-3-4-17-11(8)7-1-2-7/h7-8,11H,1-6H2,(H,12,13)(H,14,15). The predicted octanol–water partition coefficient (Wildman–Crippen LogP) is -0.229. The van der Waals surface area contributed by atoms with Crippen molar-refractivity contribution in [3.63, 3.8) is 0 Å². The molecule has 2 aliphatic rings. The summed E-state index contributed by atoms with van der Waals surface area (Å²) in [6.45, 7) is 0.0307. The van der Waals surface area contributed by atoms with Crippen molar-refractivity contribution in [2.24, 2.45) is 5.92 Å². The Hall–Kier alpha value is -1.14. The SMILES string of the molecule is O=C(O)COCC(=O)NC1CCOC1C1CC1. The first-order valence-corrected chi connectivity index (χ1v) is 5.87. The van der Waals surface area contributed by atoms with Crippen LogP contribution in [0.3, 0.4) is 0 Å². The topological polar surface area (TPSA) is 84.9 Å². The Labute approximate surface area is 99.3 Å². The van der Waals surface area contributed by atoms with Crippen LogP contribution in [-0.2, 0) is 19.1 Å². The van der Waals surface area contributed by atoms with Gasteiger partial charge in [-0.3, -0.25) is 4.79 Å². The highest BCUT2D eigenvalue weighted by Gasteiger charge is 2.41. The van der Waals surface area contributed by atoms with E-state index in [9.17, 15) is 9.59 Å². The van der Waals surface area contributed by atoms with Gasteiger partial charge in [0, 0.05) is 6.61 Å². The van der Waals surface area contributed by atoms with E-state index in [2.05, 4.69) is 5.32 Å². The van der Waals surface area contributed by atoms with Crippen molar-refractivity contribution in [1.29, 1.82) is 0 Å². The minimum atomic E-state index is -1.07. The van der Waals surface area contributed by atoms with Gasteiger partial charge in [-0.05, 0) is 25.2 Å². The fourth-order valence-corrected chi connectivity index (χ4v) is 2.13. The molecule has 17 heavy (non-hydrogen) atoms. The zero-order valence-electron chi connectivity index (χ0n) is 9.55. The second-order valence-electron chi connectivity index (χ2n) is 4.52. The van der Waals surface area contributed by atoms with Crippen molar-refractivity contribution < 1.29 is 24.2 Å². The van der Waals surface area contributed by atoms with Crippen LogP contribution in [0.2, 0.25) is 0 Å². The van der Waals surface area contributed by atoms with Gasteiger partial charge < -0.3 is 19.9 Å². The zero-order chi connectivity index (χ0) is 12.3. The molecule has 0 radical (unpaired) electrons. The third-order valence-corrected chi connectivity index (χ3v) is 3.03. The normalized spacial score (nSPS) is 28.0. The molecule has 1 amide bonds. The summed E-state index contributed by atoms with van der Waals surface area (Å²) in [5, 5.41) is 11.2. The van der Waals surface area contributed by atoms with Gasteiger partial charge in [0.15, 0.2) is 0 Å². The molecule has 0 aromatic heterocycles. The third-order valence-electron chi connectivity index (χ3n) is 3.03. The summed E-state index contributed by atoms with van der Waals surface area (Å²) in [4.78, 5) is 21.7. The summed E-state index contributed by atoms with van der Waals surface area (Å²) < 4.78 is 10.3. The smallest absolute Gasteiger partial charge is 0.329 e. The molecule has 2 unspecified atom stereocenters. The first-order chi connectivity index (χ1) is 8.16. The highest BCUT2D eigenvalue weighted by atomic mass is 16.5. The number of rotatable bonds is 6. The molecule has 0 aromatic rings. The lowest BCUT2D eigenvalue weighted by Crippen LogP contribution is -2.43. The van der Waals surface area contributed by atoms with E-state index in [-0.39, 0.29) is 24.7 Å². The van der Waals surface area contributed by atoms with Gasteiger partial charge in [0.1, 0.15) is 13.2 Å². The molecule has 1 aliphatic carbocycles. The fourth-order valence-electron chi connectivity index (χ4n) is 2.13. The summed E-state index contributed by atoms with van der Waals surface area (Å²) in [7, 11) is 0. The van der Waals surface area contributed by atoms with Crippen molar-refractivity contribution in [2.45, 2.75) is 31.4 Å². The number of carboxylic acids is 1. The molecule has 2 atom stereocenters. The van der Waals surface area contributed by atoms with Crippen LogP contribution >= 0.6 is 0 Å². The Kier molecular flexibility index (Phi) is 3.96. The summed E-state index contributed by atoms with van der Waals surface area (Å²) in [5.74, 6) is -0.756. The first kappa shape index (κ1) is 12.3. The number of carbonyl (C=O) groups is 2. The van der Waals surface area contributed by atoms with Gasteiger partial charge in [-0.15, -0.1) is 0 Å². The second-order valence-corrected chi connectivity index (χ2v) is 4.52. The molecule has 96 valence electrons. The molecule has 1 aliphatic heterocycles. The van der Waals surface area contributed by atoms with Crippen LogP contribution < -0.4 is 5.32 Å². The van der Waals surface area contributed by atoms with Gasteiger partial charge >= 0.3 is 5.97 Å². The number of aliphatic carboxylic acids is 1. The second kappa shape index (κ2) is 5.46. The van der Waals surface area contributed by atoms with Crippen molar-refractivity contribution in [3.8, 4) is 0 Å². The maximum absolute atomic E-state index is 11.5. The number of nitrogens with one attached hydrogen (secondary N) is 1. The Bertz CT molecular complexity index is 302. The number of hydrogen-bond donors (Lipinski definition) is 2. The van der Waals surface area contributed by atoms with E-state index in [1.807, 2.05) is 0 Å². The lowest BCUT2D eigenvalue weighted by atomic mass is 10.1. The Balaban J connectivity index is 1.68. The van der Waals surface area contributed by atoms with Crippen LogP contribution in [0.25, 0.3) is 0 Å². The summed E-state index contributed by atoms with van der Waals surface area (Å²) in [6.07, 6.45) is 3.31. The van der Waals surface area contributed by atoms with Crippen molar-refractivity contribution in [2.75, 3.05) is 19.8 Å². The lowest BCUT2D eigenvalue weighted by molar-refractivity contribution is -0.143. The maximum Gasteiger partial charge on any atom is 0.329 e. The largest absolute Gasteiger partial charge is 0.480 e. The molecule has 2 N–H and O–H groups in total. The average Bonchev–Trinajstić information content (AvgIpc) is 3.00. The predicted molar refractivity (Wildman–Crippen MR) is 57.5 cm³/mol. The fraction of sp³-hybridized carbons (Fsp3) is 0.818. The number of hydrogen-bond acceptors (Lipinski definition) is 4. The quantitative estimate of drug-likeness (QED) is 0.673. The number of carboxylic acid groups (broad SMARTS) is 1. The molecule has 2 fully saturated rings. The van der Waals surface area contributed by atoms with E-state index in [0.29, 0.717) is 12.5 Å². The van der Waals surface area contributed by atoms with Gasteiger partial charge in [0.25, 0.3) is 0 Å². The highest BCUT2D eigenvalue weighted by molar-refractivity contribution is 5.78. The molecular weight excluding hydrogens is 226 g/mol. The van der Waals surface area contributed by atoms with Crippen LogP contribution in [0, 0.1) is 5.92 Å². The van der Waals surface area contributed by atoms with Gasteiger partial charge in [-0.2, -0.15) is 0 Å². The molecule has 0 aromatic carbocycles. The minimum absolute atomic E-state index is 0.0587. The number of amides is 1. The molecule has 0 bridgehead atoms. The van der Waals surface area contributed by atoms with Crippen molar-refractivity contribution in [1.82, 2.24) is 5.32 Å². The van der Waals surface area contributed by atoms with E-state index in [1.165, 1.54) is 12.8 Å². The van der Waals surface area contributed by atoms with E-state index < -0.39 is 12.6 Å². The average molecular weight is 243 g/mol. The maximum atomic E-state index is 11.5. The van der Waals surface area contributed by atoms with E-state index in [4.69, 9.17) is 14.6 Å². The Morgan fingerprint density at radius 2 is 2.06 bits per heavy atom. The molecule has 6 heteroatoms. The van der Waals surface area contributed by atoms with Crippen LogP contribution in [0.1, 0.15) is 19.3 Å². The summed E-state index contributed by atoms with van der Waals surface area (Å²) >= 11 is 0. The number of carbonyl (C=O) groups excluding carboxylic acids is 1. The van der Waals surface area contributed by atoms with E-state index >= 15 is 0 Å². The lowest BCUT2D eigenvalue weighted by Gasteiger charge is -2.19. The van der Waals surface area contributed by atoms with E-state index in [0.717, 1.165) is 6.42 Å². The van der Waals surface area contributed by atoms with Crippen molar-refractivity contribution in [3.05, 3.63) is 0 Å². The molecule has 1 saturated heterocycles. The van der Waals surface area contributed by atoms with Crippen molar-refractivity contribution >= 4 is 11.9 Å². The minimum Gasteiger partial charge on any atom is -0.480 e. The van der Waals surface area contributed by atoms with Crippen LogP contribution in [0.5, 0.6) is 0 Å². The van der Waals surface area contributed by atoms with Crippen LogP contribution in [0.15, 0.2) is 0 Å². The molecule has 0 spiro atoms. The zero-order valence-corrected chi connectivity index (χ0v) is 9.55. The van der Waals surface area contributed by atoms with Gasteiger partial charge in [0.05, 0.1) is 12.1 Å². The molecule has 2 rings (SSSR count). The van der Waals surface area contributed by atoms with Gasteiger partial charge in [0.2, 0.25) is 5.91 Å². The van der Waals surface area contributed by atoms with Gasteiger partial charge in [-0.25, -0.2) is 4.79 Å². The third kappa shape index (κ3) is 3.67. The molecule has 1 heterocycles. The van der Waals surface area contributed by atoms with Gasteiger partial charge in [-0.1, -0.05) is 0 Å². The molecule has 1 saturated carbocycles. The molecule has 6 nitrogen and oxygen atoms in total. The van der Waals surface area contributed by atoms with E-state index in [1.54, 1.807) is 0 Å². The number of ether oxygens (including phenoxy) is 2. The Morgan fingerprint density at radius 3 is 2.71 bits per heavy atom. The first-order valence-electron chi connectivity index (χ1n) is 5.87. The molecular formula is C11H17NO5. The van der Waals surface area contributed by atoms with Crippen LogP contribution in [0.4, 0.5) is 0 Å².